The molecule has 1 atom stereocenters. The van der Waals surface area contributed by atoms with Crippen molar-refractivity contribution in [2.75, 3.05) is 0 Å². The van der Waals surface area contributed by atoms with Crippen molar-refractivity contribution >= 4 is 46.0 Å². The minimum Gasteiger partial charge on any atom is -0.478 e. The highest BCUT2D eigenvalue weighted by molar-refractivity contribution is 7.71. The van der Waals surface area contributed by atoms with E-state index in [2.05, 4.69) is 74.7 Å². The zero-order valence-electron chi connectivity index (χ0n) is 21.6. The maximum Gasteiger partial charge on any atom is 0.335 e. The topological polar surface area (TPSA) is 63.8 Å². The molecule has 0 bridgehead atoms. The largest absolute Gasteiger partial charge is 0.478 e. The van der Waals surface area contributed by atoms with Gasteiger partial charge in [-0.15, -0.1) is 0 Å². The summed E-state index contributed by atoms with van der Waals surface area (Å²) >= 11 is 0. The van der Waals surface area contributed by atoms with Crippen molar-refractivity contribution in [2.45, 2.75) is 39.4 Å². The van der Waals surface area contributed by atoms with Crippen LogP contribution in [0.15, 0.2) is 102 Å². The van der Waals surface area contributed by atoms with Gasteiger partial charge < -0.3 is 14.2 Å². The summed E-state index contributed by atoms with van der Waals surface area (Å²) in [5.41, 5.74) is 3.32. The van der Waals surface area contributed by atoms with Gasteiger partial charge in [-0.3, -0.25) is 0 Å². The summed E-state index contributed by atoms with van der Waals surface area (Å²) in [5, 5.41) is 12.4. The van der Waals surface area contributed by atoms with E-state index in [-0.39, 0.29) is 10.7 Å². The van der Waals surface area contributed by atoms with Gasteiger partial charge in [-0.25, -0.2) is 9.54 Å². The molecule has 1 heterocycles. The molecule has 0 saturated heterocycles. The van der Waals surface area contributed by atoms with E-state index in [4.69, 9.17) is 9.27 Å². The average molecular weight is 511 g/mol. The molecule has 0 spiro atoms. The minimum atomic E-state index is -2.73. The van der Waals surface area contributed by atoms with E-state index >= 15 is 0 Å². The number of para-hydroxylation sites is 2. The van der Waals surface area contributed by atoms with Crippen molar-refractivity contribution < 1.29 is 14.4 Å². The highest BCUT2D eigenvalue weighted by atomic mass is 31.2. The lowest BCUT2D eigenvalue weighted by Gasteiger charge is -2.37. The molecule has 188 valence electrons. The quantitative estimate of drug-likeness (QED) is 0.233. The summed E-state index contributed by atoms with van der Waals surface area (Å²) < 4.78 is 14.6. The van der Waals surface area contributed by atoms with Crippen LogP contribution < -0.4 is 9.83 Å². The lowest BCUT2D eigenvalue weighted by molar-refractivity contribution is 0.0697. The molecule has 1 aromatic heterocycles. The van der Waals surface area contributed by atoms with Crippen molar-refractivity contribution in [3.8, 4) is 5.75 Å². The number of benzene rings is 4. The third kappa shape index (κ3) is 4.45. The van der Waals surface area contributed by atoms with Gasteiger partial charge in [0, 0.05) is 38.8 Å². The smallest absolute Gasteiger partial charge is 0.335 e. The van der Waals surface area contributed by atoms with Crippen LogP contribution >= 0.6 is 7.28 Å². The number of nitrogens with zero attached hydrogens (tertiary/aromatic N) is 2. The van der Waals surface area contributed by atoms with Gasteiger partial charge in [0.2, 0.25) is 0 Å². The van der Waals surface area contributed by atoms with Crippen molar-refractivity contribution in [3.05, 3.63) is 103 Å². The molecule has 0 aliphatic rings. The van der Waals surface area contributed by atoms with E-state index in [0.717, 1.165) is 17.6 Å². The van der Waals surface area contributed by atoms with Gasteiger partial charge in [-0.2, -0.15) is 0 Å². The molecule has 0 radical (unpaired) electrons. The van der Waals surface area contributed by atoms with E-state index in [0.29, 0.717) is 5.69 Å². The van der Waals surface area contributed by atoms with Gasteiger partial charge in [-0.1, -0.05) is 57.2 Å². The Morgan fingerprint density at radius 3 is 2.16 bits per heavy atom. The zero-order valence-corrected chi connectivity index (χ0v) is 22.4. The zero-order chi connectivity index (χ0) is 26.2. The molecular weight excluding hydrogens is 479 g/mol. The van der Waals surface area contributed by atoms with Crippen LogP contribution in [-0.2, 0) is 6.54 Å². The number of hydrogen-bond acceptors (Lipinski definition) is 3. The minimum absolute atomic E-state index is 0.233. The van der Waals surface area contributed by atoms with E-state index in [9.17, 15) is 9.90 Å². The Balaban J connectivity index is 1.82. The Morgan fingerprint density at radius 1 is 0.865 bits per heavy atom. The molecule has 5 aromatic rings. The maximum atomic E-state index is 11.4. The molecular formula is C31H31N2O3P. The number of hydrogen-bond donors (Lipinski definition) is 1. The third-order valence-corrected chi connectivity index (χ3v) is 10.5. The van der Waals surface area contributed by atoms with Gasteiger partial charge >= 0.3 is 5.97 Å². The Hall–Kier alpha value is -3.82. The van der Waals surface area contributed by atoms with Crippen molar-refractivity contribution in [1.82, 2.24) is 4.57 Å². The fraction of sp³-hybridized carbons (Fsp3) is 0.194. The van der Waals surface area contributed by atoms with Crippen LogP contribution in [0.2, 0.25) is 0 Å². The number of carboxylic acid groups (broad SMARTS) is 1. The molecule has 5 rings (SSSR count). The summed E-state index contributed by atoms with van der Waals surface area (Å²) in [7, 11) is -2.73. The molecule has 5 nitrogen and oxygen atoms in total. The van der Waals surface area contributed by atoms with Crippen LogP contribution in [0.4, 0.5) is 5.69 Å². The molecule has 4 aromatic carbocycles. The molecule has 6 heteroatoms. The van der Waals surface area contributed by atoms with Crippen LogP contribution in [0.1, 0.15) is 38.1 Å². The Bertz CT molecular complexity index is 1650. The van der Waals surface area contributed by atoms with E-state index in [1.54, 1.807) is 24.3 Å². The highest BCUT2D eigenvalue weighted by Crippen LogP contribution is 2.62. The molecule has 0 amide bonds. The molecule has 0 fully saturated rings. The number of carbonyl (C=O) groups is 1. The van der Waals surface area contributed by atoms with Crippen LogP contribution in [0.3, 0.4) is 0 Å². The second kappa shape index (κ2) is 9.57. The Kier molecular flexibility index (Phi) is 6.43. The van der Waals surface area contributed by atoms with Crippen molar-refractivity contribution in [2.24, 2.45) is 4.74 Å². The second-order valence-corrected chi connectivity index (χ2v) is 13.5. The first-order valence-electron chi connectivity index (χ1n) is 12.5. The molecule has 0 aliphatic heterocycles. The summed E-state index contributed by atoms with van der Waals surface area (Å²) in [6.07, 6.45) is 0. The number of aromatic carboxylic acids is 1. The molecule has 1 N–H and O–H groups in total. The first-order valence-corrected chi connectivity index (χ1v) is 14.1. The average Bonchev–Trinajstić information content (AvgIpc) is 3.21. The van der Waals surface area contributed by atoms with E-state index in [1.165, 1.54) is 21.8 Å². The number of aryl methyl sites for hydroxylation is 1. The SMILES string of the molecule is CCn1c2ccccc2c2cc([P@](=Nc3ccc(C(=O)O)cc3)(Oc3ccccc3)C(C)(C)C)ccc21. The van der Waals surface area contributed by atoms with Gasteiger partial charge in [0.05, 0.1) is 11.3 Å². The van der Waals surface area contributed by atoms with Crippen molar-refractivity contribution in [3.63, 3.8) is 0 Å². The second-order valence-electron chi connectivity index (χ2n) is 10.1. The fourth-order valence-electron chi connectivity index (χ4n) is 4.84. The standard InChI is InChI=1S/C31H31N2O3P/c1-5-33-28-14-10-9-13-26(28)27-21-25(19-20-29(27)33)37(31(2,3)4,36-24-11-7-6-8-12-24)32-23-17-15-22(16-18-23)30(34)35/h6-21H,5H2,1-4H3,(H,34,35)/t37-/m0/s1. The maximum absolute atomic E-state index is 11.4. The lowest BCUT2D eigenvalue weighted by atomic mass is 10.1. The summed E-state index contributed by atoms with van der Waals surface area (Å²) in [5.74, 6) is -0.200. The first kappa shape index (κ1) is 24.9. The van der Waals surface area contributed by atoms with Crippen LogP contribution in [0.25, 0.3) is 21.8 Å². The summed E-state index contributed by atoms with van der Waals surface area (Å²) in [6, 6.07) is 31.6. The highest BCUT2D eigenvalue weighted by Gasteiger charge is 2.39. The fourth-order valence-corrected chi connectivity index (χ4v) is 7.92. The normalized spacial score (nSPS) is 13.4. The Morgan fingerprint density at radius 2 is 1.51 bits per heavy atom. The van der Waals surface area contributed by atoms with E-state index < -0.39 is 13.3 Å². The number of rotatable bonds is 6. The van der Waals surface area contributed by atoms with Crippen LogP contribution in [0, 0.1) is 0 Å². The van der Waals surface area contributed by atoms with Crippen molar-refractivity contribution in [1.29, 1.82) is 0 Å². The van der Waals surface area contributed by atoms with Crippen LogP contribution in [0.5, 0.6) is 5.75 Å². The third-order valence-electron chi connectivity index (χ3n) is 6.68. The van der Waals surface area contributed by atoms with Gasteiger partial charge in [0.1, 0.15) is 5.75 Å². The molecule has 0 aliphatic carbocycles. The van der Waals surface area contributed by atoms with Gasteiger partial charge in [0.15, 0.2) is 7.28 Å². The van der Waals surface area contributed by atoms with Gasteiger partial charge in [0.25, 0.3) is 0 Å². The molecule has 0 unspecified atom stereocenters. The number of carboxylic acids is 1. The Labute approximate surface area is 217 Å². The predicted molar refractivity (Wildman–Crippen MR) is 154 cm³/mol. The van der Waals surface area contributed by atoms with Gasteiger partial charge in [-0.05, 0) is 67.6 Å². The van der Waals surface area contributed by atoms with Crippen LogP contribution in [-0.4, -0.2) is 20.8 Å². The monoisotopic (exact) mass is 510 g/mol. The number of fused-ring (bicyclic) bond motifs is 3. The number of aromatic nitrogens is 1. The summed E-state index contributed by atoms with van der Waals surface area (Å²) in [4.78, 5) is 11.4. The predicted octanol–water partition coefficient (Wildman–Crippen LogP) is 8.46. The van der Waals surface area contributed by atoms with E-state index in [1.807, 2.05) is 30.3 Å². The molecule has 37 heavy (non-hydrogen) atoms. The lowest BCUT2D eigenvalue weighted by Crippen LogP contribution is -2.27. The summed E-state index contributed by atoms with van der Waals surface area (Å²) in [6.45, 7) is 9.54. The molecule has 0 saturated carbocycles. The first-order chi connectivity index (χ1) is 17.7.